The minimum Gasteiger partial charge on any atom is -0.496 e. The van der Waals surface area contributed by atoms with Crippen molar-refractivity contribution in [2.75, 3.05) is 41.0 Å². The molecule has 21 heavy (non-hydrogen) atoms. The van der Waals surface area contributed by atoms with Crippen molar-refractivity contribution in [3.05, 3.63) is 28.8 Å². The fraction of sp³-hybridized carbons (Fsp3) is 0.533. The number of methoxy groups -OCH3 is 2. The third-order valence-corrected chi connectivity index (χ3v) is 3.18. The molecule has 0 bridgehead atoms. The van der Waals surface area contributed by atoms with E-state index < -0.39 is 0 Å². The molecular weight excluding hydrogens is 292 g/mol. The number of nitrogens with one attached hydrogen (secondary N) is 1. The summed E-state index contributed by atoms with van der Waals surface area (Å²) in [5.74, 6) is 0.765. The van der Waals surface area contributed by atoms with E-state index in [2.05, 4.69) is 5.32 Å². The normalized spacial score (nSPS) is 10.7. The molecule has 0 fully saturated rings. The van der Waals surface area contributed by atoms with Crippen LogP contribution >= 0.6 is 11.6 Å². The Morgan fingerprint density at radius 2 is 2.14 bits per heavy atom. The topological polar surface area (TPSA) is 50.8 Å². The predicted octanol–water partition coefficient (Wildman–Crippen LogP) is 1.93. The van der Waals surface area contributed by atoms with Crippen molar-refractivity contribution in [1.82, 2.24) is 10.2 Å². The lowest BCUT2D eigenvalue weighted by molar-refractivity contribution is -0.122. The largest absolute Gasteiger partial charge is 0.496 e. The van der Waals surface area contributed by atoms with Gasteiger partial charge >= 0.3 is 0 Å². The molecule has 0 atom stereocenters. The smallest absolute Gasteiger partial charge is 0.234 e. The van der Waals surface area contributed by atoms with E-state index in [1.165, 1.54) is 0 Å². The summed E-state index contributed by atoms with van der Waals surface area (Å²) in [5.41, 5.74) is 0.958. The van der Waals surface area contributed by atoms with Gasteiger partial charge in [0.25, 0.3) is 0 Å². The number of benzene rings is 1. The van der Waals surface area contributed by atoms with E-state index in [1.807, 2.05) is 24.1 Å². The first-order valence-corrected chi connectivity index (χ1v) is 7.21. The Morgan fingerprint density at radius 3 is 2.81 bits per heavy atom. The zero-order valence-corrected chi connectivity index (χ0v) is 13.6. The minimum absolute atomic E-state index is 0.00500. The number of likely N-dealkylation sites (N-methyl/N-ethyl adjacent to an activating group) is 1. The van der Waals surface area contributed by atoms with Crippen molar-refractivity contribution in [2.45, 2.75) is 13.0 Å². The molecule has 5 nitrogen and oxygen atoms in total. The molecule has 1 amide bonds. The van der Waals surface area contributed by atoms with Crippen molar-refractivity contribution in [3.63, 3.8) is 0 Å². The average Bonchev–Trinajstić information content (AvgIpc) is 2.43. The van der Waals surface area contributed by atoms with Gasteiger partial charge in [-0.2, -0.15) is 0 Å². The van der Waals surface area contributed by atoms with E-state index in [4.69, 9.17) is 21.1 Å². The Balaban J connectivity index is 2.44. The monoisotopic (exact) mass is 314 g/mol. The van der Waals surface area contributed by atoms with E-state index in [-0.39, 0.29) is 5.91 Å². The highest BCUT2D eigenvalue weighted by Gasteiger charge is 2.10. The van der Waals surface area contributed by atoms with Crippen LogP contribution in [0.2, 0.25) is 5.02 Å². The molecule has 0 aliphatic rings. The fourth-order valence-electron chi connectivity index (χ4n) is 1.96. The van der Waals surface area contributed by atoms with Crippen LogP contribution in [0, 0.1) is 0 Å². The molecule has 0 saturated carbocycles. The van der Waals surface area contributed by atoms with Crippen molar-refractivity contribution in [1.29, 1.82) is 0 Å². The van der Waals surface area contributed by atoms with Gasteiger partial charge in [0, 0.05) is 37.4 Å². The van der Waals surface area contributed by atoms with E-state index >= 15 is 0 Å². The number of rotatable bonds is 9. The van der Waals surface area contributed by atoms with E-state index in [0.717, 1.165) is 17.7 Å². The standard InChI is InChI=1S/C15H23ClN2O3/c1-18(11-15(19)17-7-4-8-20-2)10-12-9-13(16)5-6-14(12)21-3/h5-6,9H,4,7-8,10-11H2,1-3H3,(H,17,19). The molecule has 0 heterocycles. The highest BCUT2D eigenvalue weighted by atomic mass is 35.5. The van der Waals surface area contributed by atoms with Crippen LogP contribution in [-0.4, -0.2) is 51.8 Å². The van der Waals surface area contributed by atoms with Crippen LogP contribution in [0.1, 0.15) is 12.0 Å². The van der Waals surface area contributed by atoms with Gasteiger partial charge in [0.05, 0.1) is 13.7 Å². The number of hydrogen-bond donors (Lipinski definition) is 1. The number of nitrogens with zero attached hydrogens (tertiary/aromatic N) is 1. The van der Waals surface area contributed by atoms with E-state index in [0.29, 0.717) is 31.3 Å². The summed E-state index contributed by atoms with van der Waals surface area (Å²) in [6, 6.07) is 5.47. The third kappa shape index (κ3) is 6.80. The number of hydrogen-bond acceptors (Lipinski definition) is 4. The number of carbonyl (C=O) groups is 1. The van der Waals surface area contributed by atoms with Gasteiger partial charge in [-0.3, -0.25) is 9.69 Å². The van der Waals surface area contributed by atoms with Gasteiger partial charge in [0.1, 0.15) is 5.75 Å². The lowest BCUT2D eigenvalue weighted by atomic mass is 10.2. The van der Waals surface area contributed by atoms with Crippen molar-refractivity contribution in [2.24, 2.45) is 0 Å². The van der Waals surface area contributed by atoms with Gasteiger partial charge in [-0.05, 0) is 31.7 Å². The second-order valence-corrected chi connectivity index (χ2v) is 5.26. The second kappa shape index (κ2) is 9.60. The first-order chi connectivity index (χ1) is 10.1. The van der Waals surface area contributed by atoms with Crippen molar-refractivity contribution >= 4 is 17.5 Å². The number of halogens is 1. The van der Waals surface area contributed by atoms with Crippen LogP contribution in [0.3, 0.4) is 0 Å². The molecular formula is C15H23ClN2O3. The fourth-order valence-corrected chi connectivity index (χ4v) is 2.16. The maximum Gasteiger partial charge on any atom is 0.234 e. The molecule has 0 saturated heterocycles. The van der Waals surface area contributed by atoms with Gasteiger partial charge in [0.15, 0.2) is 0 Å². The van der Waals surface area contributed by atoms with Gasteiger partial charge < -0.3 is 14.8 Å². The molecule has 0 spiro atoms. The van der Waals surface area contributed by atoms with Crippen LogP contribution < -0.4 is 10.1 Å². The number of ether oxygens (including phenoxy) is 2. The Morgan fingerprint density at radius 1 is 1.38 bits per heavy atom. The summed E-state index contributed by atoms with van der Waals surface area (Å²) in [5, 5.41) is 3.51. The van der Waals surface area contributed by atoms with Gasteiger partial charge in [-0.25, -0.2) is 0 Å². The highest BCUT2D eigenvalue weighted by Crippen LogP contribution is 2.23. The first kappa shape index (κ1) is 17.8. The van der Waals surface area contributed by atoms with Crippen LogP contribution in [0.5, 0.6) is 5.75 Å². The molecule has 0 aliphatic carbocycles. The molecule has 1 aromatic carbocycles. The average molecular weight is 315 g/mol. The molecule has 1 rings (SSSR count). The number of amides is 1. The SMILES string of the molecule is COCCCNC(=O)CN(C)Cc1cc(Cl)ccc1OC. The Hall–Kier alpha value is -1.30. The van der Waals surface area contributed by atoms with E-state index in [1.54, 1.807) is 20.3 Å². The quantitative estimate of drug-likeness (QED) is 0.708. The van der Waals surface area contributed by atoms with Crippen LogP contribution in [-0.2, 0) is 16.1 Å². The Kier molecular flexibility index (Phi) is 8.12. The molecule has 1 aromatic rings. The molecule has 0 aromatic heterocycles. The Labute approximate surface area is 131 Å². The highest BCUT2D eigenvalue weighted by molar-refractivity contribution is 6.30. The molecule has 118 valence electrons. The molecule has 0 radical (unpaired) electrons. The lowest BCUT2D eigenvalue weighted by Gasteiger charge is -2.18. The zero-order chi connectivity index (χ0) is 15.7. The second-order valence-electron chi connectivity index (χ2n) is 4.82. The summed E-state index contributed by atoms with van der Waals surface area (Å²) in [7, 11) is 5.15. The van der Waals surface area contributed by atoms with E-state index in [9.17, 15) is 4.79 Å². The summed E-state index contributed by atoms with van der Waals surface area (Å²) in [4.78, 5) is 13.7. The molecule has 6 heteroatoms. The molecule has 0 unspecified atom stereocenters. The van der Waals surface area contributed by atoms with Crippen LogP contribution in [0.15, 0.2) is 18.2 Å². The maximum absolute atomic E-state index is 11.8. The van der Waals surface area contributed by atoms with Crippen LogP contribution in [0.25, 0.3) is 0 Å². The summed E-state index contributed by atoms with van der Waals surface area (Å²) in [6.07, 6.45) is 0.814. The van der Waals surface area contributed by atoms with Gasteiger partial charge in [-0.15, -0.1) is 0 Å². The van der Waals surface area contributed by atoms with Crippen LogP contribution in [0.4, 0.5) is 0 Å². The summed E-state index contributed by atoms with van der Waals surface area (Å²) in [6.45, 7) is 2.19. The zero-order valence-electron chi connectivity index (χ0n) is 12.8. The minimum atomic E-state index is -0.00500. The summed E-state index contributed by atoms with van der Waals surface area (Å²) < 4.78 is 10.2. The maximum atomic E-state index is 11.8. The molecule has 1 N–H and O–H groups in total. The predicted molar refractivity (Wildman–Crippen MR) is 83.8 cm³/mol. The van der Waals surface area contributed by atoms with Crippen molar-refractivity contribution in [3.8, 4) is 5.75 Å². The molecule has 0 aliphatic heterocycles. The van der Waals surface area contributed by atoms with Gasteiger partial charge in [-0.1, -0.05) is 11.6 Å². The third-order valence-electron chi connectivity index (χ3n) is 2.94. The van der Waals surface area contributed by atoms with Crippen molar-refractivity contribution < 1.29 is 14.3 Å². The summed E-state index contributed by atoms with van der Waals surface area (Å²) >= 11 is 6.00. The van der Waals surface area contributed by atoms with Gasteiger partial charge in [0.2, 0.25) is 5.91 Å². The first-order valence-electron chi connectivity index (χ1n) is 6.83. The Bertz CT molecular complexity index is 455. The lowest BCUT2D eigenvalue weighted by Crippen LogP contribution is -2.35. The number of carbonyl (C=O) groups excluding carboxylic acids is 1.